The van der Waals surface area contributed by atoms with Crippen molar-refractivity contribution in [1.29, 1.82) is 0 Å². The van der Waals surface area contributed by atoms with Gasteiger partial charge >= 0.3 is 0 Å². The van der Waals surface area contributed by atoms with Crippen LogP contribution in [0.3, 0.4) is 0 Å². The summed E-state index contributed by atoms with van der Waals surface area (Å²) in [5, 5.41) is 3.62. The Morgan fingerprint density at radius 1 is 1.62 bits per heavy atom. The van der Waals surface area contributed by atoms with E-state index in [2.05, 4.69) is 17.1 Å². The van der Waals surface area contributed by atoms with Gasteiger partial charge in [-0.25, -0.2) is 0 Å². The van der Waals surface area contributed by atoms with Gasteiger partial charge in [0.25, 0.3) is 0 Å². The van der Waals surface area contributed by atoms with E-state index < -0.39 is 0 Å². The third kappa shape index (κ3) is 3.56. The zero-order chi connectivity index (χ0) is 9.68. The van der Waals surface area contributed by atoms with Crippen LogP contribution >= 0.6 is 23.4 Å². The van der Waals surface area contributed by atoms with Gasteiger partial charge in [-0.2, -0.15) is 16.7 Å². The van der Waals surface area contributed by atoms with Crippen LogP contribution in [0.1, 0.15) is 37.4 Å². The molecule has 1 rings (SSSR count). The van der Waals surface area contributed by atoms with E-state index in [1.54, 1.807) is 11.8 Å². The van der Waals surface area contributed by atoms with E-state index in [0.29, 0.717) is 5.89 Å². The lowest BCUT2D eigenvalue weighted by Crippen LogP contribution is -1.87. The van der Waals surface area contributed by atoms with E-state index in [0.717, 1.165) is 17.3 Å². The molecule has 5 heteroatoms. The summed E-state index contributed by atoms with van der Waals surface area (Å²) in [6, 6.07) is 0. The lowest BCUT2D eigenvalue weighted by Gasteiger charge is -1.92. The molecular formula is C8H13ClN2OS. The summed E-state index contributed by atoms with van der Waals surface area (Å²) in [6.07, 6.45) is 1.17. The Kier molecular flexibility index (Phi) is 4.59. The summed E-state index contributed by atoms with van der Waals surface area (Å²) in [7, 11) is 0. The summed E-state index contributed by atoms with van der Waals surface area (Å²) in [5.74, 6) is 3.18. The average molecular weight is 221 g/mol. The third-order valence-electron chi connectivity index (χ3n) is 1.40. The number of halogens is 1. The number of nitrogens with zero attached hydrogens (tertiary/aromatic N) is 2. The molecule has 1 heterocycles. The number of rotatable bonds is 5. The molecular weight excluding hydrogens is 208 g/mol. The first kappa shape index (κ1) is 10.9. The number of aromatic nitrogens is 2. The first-order valence-corrected chi connectivity index (χ1v) is 5.87. The topological polar surface area (TPSA) is 38.9 Å². The average Bonchev–Trinajstić information content (AvgIpc) is 2.53. The highest BCUT2D eigenvalue weighted by Crippen LogP contribution is 2.18. The summed E-state index contributed by atoms with van der Waals surface area (Å²) in [5.41, 5.74) is 0. The molecule has 0 radical (unpaired) electrons. The van der Waals surface area contributed by atoms with Gasteiger partial charge < -0.3 is 4.52 Å². The Balaban J connectivity index is 2.40. The minimum atomic E-state index is -0.197. The molecule has 0 aromatic carbocycles. The zero-order valence-electron chi connectivity index (χ0n) is 7.79. The molecule has 1 aromatic rings. The zero-order valence-corrected chi connectivity index (χ0v) is 9.36. The van der Waals surface area contributed by atoms with Crippen molar-refractivity contribution >= 4 is 23.4 Å². The van der Waals surface area contributed by atoms with Crippen molar-refractivity contribution in [2.75, 3.05) is 5.75 Å². The summed E-state index contributed by atoms with van der Waals surface area (Å²) < 4.78 is 4.95. The predicted molar refractivity (Wildman–Crippen MR) is 55.0 cm³/mol. The van der Waals surface area contributed by atoms with Crippen LogP contribution in [0.4, 0.5) is 0 Å². The summed E-state index contributed by atoms with van der Waals surface area (Å²) in [4.78, 5) is 4.15. The normalized spacial score (nSPS) is 13.2. The molecule has 0 aliphatic heterocycles. The standard InChI is InChI=1S/C8H13ClN2OS/c1-3-4-13-5-7-10-8(6(2)9)12-11-7/h6H,3-5H2,1-2H3. The summed E-state index contributed by atoms with van der Waals surface area (Å²) >= 11 is 7.58. The van der Waals surface area contributed by atoms with Crippen molar-refractivity contribution in [3.63, 3.8) is 0 Å². The van der Waals surface area contributed by atoms with Crippen LogP contribution in [0.25, 0.3) is 0 Å². The maximum absolute atomic E-state index is 5.77. The first-order chi connectivity index (χ1) is 6.24. The van der Waals surface area contributed by atoms with Crippen molar-refractivity contribution in [2.24, 2.45) is 0 Å². The van der Waals surface area contributed by atoms with Gasteiger partial charge in [-0.3, -0.25) is 0 Å². The number of hydrogen-bond acceptors (Lipinski definition) is 4. The van der Waals surface area contributed by atoms with E-state index in [9.17, 15) is 0 Å². The Morgan fingerprint density at radius 2 is 2.38 bits per heavy atom. The quantitative estimate of drug-likeness (QED) is 0.565. The van der Waals surface area contributed by atoms with E-state index in [1.165, 1.54) is 6.42 Å². The van der Waals surface area contributed by atoms with Crippen LogP contribution in [-0.4, -0.2) is 15.9 Å². The number of thioether (sulfide) groups is 1. The van der Waals surface area contributed by atoms with Gasteiger partial charge in [0.15, 0.2) is 5.82 Å². The molecule has 0 N–H and O–H groups in total. The third-order valence-corrected chi connectivity index (χ3v) is 2.75. The molecule has 0 fully saturated rings. The van der Waals surface area contributed by atoms with Crippen molar-refractivity contribution in [3.05, 3.63) is 11.7 Å². The second kappa shape index (κ2) is 5.50. The second-order valence-electron chi connectivity index (χ2n) is 2.72. The molecule has 3 nitrogen and oxygen atoms in total. The highest BCUT2D eigenvalue weighted by Gasteiger charge is 2.10. The second-order valence-corrected chi connectivity index (χ2v) is 4.48. The van der Waals surface area contributed by atoms with Crippen molar-refractivity contribution in [3.8, 4) is 0 Å². The maximum Gasteiger partial charge on any atom is 0.244 e. The van der Waals surface area contributed by atoms with Gasteiger partial charge in [-0.15, -0.1) is 11.6 Å². The van der Waals surface area contributed by atoms with Crippen molar-refractivity contribution < 1.29 is 4.52 Å². The number of alkyl halides is 1. The molecule has 1 unspecified atom stereocenters. The SMILES string of the molecule is CCCSCc1noc(C(C)Cl)n1. The molecule has 0 bridgehead atoms. The Bertz CT molecular complexity index is 252. The monoisotopic (exact) mass is 220 g/mol. The fraction of sp³-hybridized carbons (Fsp3) is 0.750. The van der Waals surface area contributed by atoms with Gasteiger partial charge in [-0.1, -0.05) is 12.1 Å². The Labute approximate surface area is 87.2 Å². The van der Waals surface area contributed by atoms with Gasteiger partial charge in [0.1, 0.15) is 5.38 Å². The molecule has 0 saturated heterocycles. The van der Waals surface area contributed by atoms with E-state index in [-0.39, 0.29) is 5.38 Å². The van der Waals surface area contributed by atoms with E-state index in [4.69, 9.17) is 16.1 Å². The highest BCUT2D eigenvalue weighted by molar-refractivity contribution is 7.98. The predicted octanol–water partition coefficient (Wildman–Crippen LogP) is 3.01. The largest absolute Gasteiger partial charge is 0.338 e. The van der Waals surface area contributed by atoms with Gasteiger partial charge in [0, 0.05) is 0 Å². The molecule has 1 atom stereocenters. The molecule has 0 aliphatic rings. The van der Waals surface area contributed by atoms with Crippen LogP contribution in [0, 0.1) is 0 Å². The van der Waals surface area contributed by atoms with Gasteiger partial charge in [0.2, 0.25) is 5.89 Å². The van der Waals surface area contributed by atoms with Crippen molar-refractivity contribution in [2.45, 2.75) is 31.4 Å². The summed E-state index contributed by atoms with van der Waals surface area (Å²) in [6.45, 7) is 3.97. The molecule has 1 aromatic heterocycles. The minimum absolute atomic E-state index is 0.197. The molecule has 74 valence electrons. The van der Waals surface area contributed by atoms with Crippen LogP contribution in [0.5, 0.6) is 0 Å². The van der Waals surface area contributed by atoms with Gasteiger partial charge in [-0.05, 0) is 19.1 Å². The van der Waals surface area contributed by atoms with E-state index >= 15 is 0 Å². The fourth-order valence-corrected chi connectivity index (χ4v) is 1.62. The molecule has 0 spiro atoms. The maximum atomic E-state index is 5.77. The molecule has 0 amide bonds. The van der Waals surface area contributed by atoms with Crippen LogP contribution in [0.2, 0.25) is 0 Å². The lowest BCUT2D eigenvalue weighted by atomic mass is 10.5. The van der Waals surface area contributed by atoms with E-state index in [1.807, 2.05) is 6.92 Å². The highest BCUT2D eigenvalue weighted by atomic mass is 35.5. The van der Waals surface area contributed by atoms with Gasteiger partial charge in [0.05, 0.1) is 5.75 Å². The molecule has 13 heavy (non-hydrogen) atoms. The molecule has 0 aliphatic carbocycles. The Morgan fingerprint density at radius 3 is 2.92 bits per heavy atom. The fourth-order valence-electron chi connectivity index (χ4n) is 0.795. The van der Waals surface area contributed by atoms with Crippen LogP contribution in [0.15, 0.2) is 4.52 Å². The van der Waals surface area contributed by atoms with Crippen LogP contribution < -0.4 is 0 Å². The van der Waals surface area contributed by atoms with Crippen molar-refractivity contribution in [1.82, 2.24) is 10.1 Å². The minimum Gasteiger partial charge on any atom is -0.338 e. The first-order valence-electron chi connectivity index (χ1n) is 4.28. The lowest BCUT2D eigenvalue weighted by molar-refractivity contribution is 0.375. The Hall–Kier alpha value is -0.220. The number of hydrogen-bond donors (Lipinski definition) is 0. The smallest absolute Gasteiger partial charge is 0.244 e. The molecule has 0 saturated carbocycles. The van der Waals surface area contributed by atoms with Crippen LogP contribution in [-0.2, 0) is 5.75 Å².